The topological polar surface area (TPSA) is 76.4 Å². The van der Waals surface area contributed by atoms with Gasteiger partial charge in [0, 0.05) is 25.8 Å². The molecular weight excluding hydrogens is 279 g/mol. The fraction of sp³-hybridized carbons (Fsp3) is 0.636. The average molecular weight is 293 g/mol. The molecule has 0 aliphatic carbocycles. The molecule has 1 saturated heterocycles. The van der Waals surface area contributed by atoms with E-state index >= 15 is 0 Å². The minimum absolute atomic E-state index is 0.000764. The lowest BCUT2D eigenvalue weighted by atomic mass is 10.0. The Morgan fingerprint density at radius 3 is 2.90 bits per heavy atom. The van der Waals surface area contributed by atoms with Gasteiger partial charge in [-0.25, -0.2) is 0 Å². The number of carbonyl (C=O) groups is 1. The number of hydrogen-bond acceptors (Lipinski definition) is 4. The molecule has 1 unspecified atom stereocenters. The molecule has 0 radical (unpaired) electrons. The minimum Gasteiger partial charge on any atom is -0.386 e. The lowest BCUT2D eigenvalue weighted by Crippen LogP contribution is -2.44. The van der Waals surface area contributed by atoms with E-state index in [1.165, 1.54) is 0 Å². The molecule has 2 heterocycles. The molecule has 1 atom stereocenters. The summed E-state index contributed by atoms with van der Waals surface area (Å²) in [6, 6.07) is 0.797. The number of aliphatic hydroxyl groups is 1. The Morgan fingerprint density at radius 1 is 1.60 bits per heavy atom. The third kappa shape index (κ3) is 3.70. The normalized spacial score (nSPS) is 23.0. The fourth-order valence-electron chi connectivity index (χ4n) is 1.80. The largest absolute Gasteiger partial charge is 0.435 e. The molecule has 1 aromatic rings. The van der Waals surface area contributed by atoms with Crippen LogP contribution in [0.4, 0.5) is 13.2 Å². The smallest absolute Gasteiger partial charge is 0.386 e. The maximum Gasteiger partial charge on any atom is 0.435 e. The van der Waals surface area contributed by atoms with Gasteiger partial charge >= 0.3 is 6.18 Å². The number of alkyl halides is 3. The summed E-state index contributed by atoms with van der Waals surface area (Å²) in [6.07, 6.45) is -3.04. The predicted molar refractivity (Wildman–Crippen MR) is 60.6 cm³/mol. The van der Waals surface area contributed by atoms with E-state index in [4.69, 9.17) is 4.74 Å². The fourth-order valence-corrected chi connectivity index (χ4v) is 1.80. The van der Waals surface area contributed by atoms with Gasteiger partial charge in [-0.05, 0) is 6.07 Å². The van der Waals surface area contributed by atoms with Gasteiger partial charge in [0.1, 0.15) is 12.1 Å². The third-order valence-electron chi connectivity index (χ3n) is 2.93. The summed E-state index contributed by atoms with van der Waals surface area (Å²) in [6.45, 7) is 0.208. The third-order valence-corrected chi connectivity index (χ3v) is 2.93. The van der Waals surface area contributed by atoms with Crippen molar-refractivity contribution in [1.29, 1.82) is 0 Å². The molecule has 1 amide bonds. The summed E-state index contributed by atoms with van der Waals surface area (Å²) in [7, 11) is 0. The number of hydrogen-bond donors (Lipinski definition) is 2. The predicted octanol–water partition coefficient (Wildman–Crippen LogP) is 0.169. The van der Waals surface area contributed by atoms with Crippen LogP contribution in [0, 0.1) is 0 Å². The molecule has 1 fully saturated rings. The van der Waals surface area contributed by atoms with E-state index in [1.54, 1.807) is 0 Å². The van der Waals surface area contributed by atoms with Crippen molar-refractivity contribution in [2.24, 2.45) is 0 Å². The Bertz CT molecular complexity index is 481. The van der Waals surface area contributed by atoms with Crippen LogP contribution in [0.5, 0.6) is 0 Å². The molecule has 1 aromatic heterocycles. The SMILES string of the molecule is O=C(Cn1ccc(C(F)(F)F)n1)NCC1(O)CCOC1. The first-order valence-corrected chi connectivity index (χ1v) is 5.96. The number of nitrogens with one attached hydrogen (secondary N) is 1. The van der Waals surface area contributed by atoms with Gasteiger partial charge in [-0.2, -0.15) is 18.3 Å². The van der Waals surface area contributed by atoms with Crippen molar-refractivity contribution in [1.82, 2.24) is 15.1 Å². The molecule has 1 aliphatic heterocycles. The maximum atomic E-state index is 12.3. The van der Waals surface area contributed by atoms with E-state index in [1.807, 2.05) is 0 Å². The monoisotopic (exact) mass is 293 g/mol. The van der Waals surface area contributed by atoms with Crippen molar-refractivity contribution >= 4 is 5.91 Å². The molecule has 2 N–H and O–H groups in total. The van der Waals surface area contributed by atoms with Crippen LogP contribution >= 0.6 is 0 Å². The van der Waals surface area contributed by atoms with E-state index in [-0.39, 0.29) is 19.7 Å². The van der Waals surface area contributed by atoms with Crippen LogP contribution in [0.3, 0.4) is 0 Å². The summed E-state index contributed by atoms with van der Waals surface area (Å²) in [4.78, 5) is 11.6. The summed E-state index contributed by atoms with van der Waals surface area (Å²) < 4.78 is 42.9. The van der Waals surface area contributed by atoms with Gasteiger partial charge in [-0.1, -0.05) is 0 Å². The van der Waals surface area contributed by atoms with Crippen molar-refractivity contribution in [3.8, 4) is 0 Å². The Balaban J connectivity index is 1.84. The number of carbonyl (C=O) groups excluding carboxylic acids is 1. The standard InChI is InChI=1S/C11H14F3N3O3/c12-11(13,14)8-1-3-17(16-8)5-9(18)15-6-10(19)2-4-20-7-10/h1,3,19H,2,4-7H2,(H,15,18). The van der Waals surface area contributed by atoms with Crippen molar-refractivity contribution in [3.05, 3.63) is 18.0 Å². The van der Waals surface area contributed by atoms with Gasteiger partial charge in [-0.3, -0.25) is 9.48 Å². The quantitative estimate of drug-likeness (QED) is 0.829. The van der Waals surface area contributed by atoms with Gasteiger partial charge in [0.15, 0.2) is 5.69 Å². The van der Waals surface area contributed by atoms with E-state index in [9.17, 15) is 23.1 Å². The highest BCUT2D eigenvalue weighted by Gasteiger charge is 2.34. The zero-order valence-electron chi connectivity index (χ0n) is 10.5. The van der Waals surface area contributed by atoms with Crippen molar-refractivity contribution in [3.63, 3.8) is 0 Å². The highest BCUT2D eigenvalue weighted by Crippen LogP contribution is 2.27. The summed E-state index contributed by atoms with van der Waals surface area (Å²) >= 11 is 0. The lowest BCUT2D eigenvalue weighted by Gasteiger charge is -2.20. The second-order valence-corrected chi connectivity index (χ2v) is 4.70. The van der Waals surface area contributed by atoms with Gasteiger partial charge in [0.05, 0.1) is 6.61 Å². The number of nitrogens with zero attached hydrogens (tertiary/aromatic N) is 2. The van der Waals surface area contributed by atoms with E-state index in [0.717, 1.165) is 16.9 Å². The number of halogens is 3. The summed E-state index contributed by atoms with van der Waals surface area (Å²) in [5.41, 5.74) is -2.15. The molecule has 0 spiro atoms. The molecule has 6 nitrogen and oxygen atoms in total. The van der Waals surface area contributed by atoms with Crippen LogP contribution in [0.15, 0.2) is 12.3 Å². The average Bonchev–Trinajstić information content (AvgIpc) is 2.96. The zero-order valence-corrected chi connectivity index (χ0v) is 10.5. The van der Waals surface area contributed by atoms with Gasteiger partial charge < -0.3 is 15.2 Å². The lowest BCUT2D eigenvalue weighted by molar-refractivity contribution is -0.141. The molecule has 1 aliphatic rings. The number of amides is 1. The maximum absolute atomic E-state index is 12.3. The second kappa shape index (κ2) is 5.41. The Kier molecular flexibility index (Phi) is 4.00. The van der Waals surface area contributed by atoms with Crippen LogP contribution < -0.4 is 5.32 Å². The second-order valence-electron chi connectivity index (χ2n) is 4.70. The van der Waals surface area contributed by atoms with Crippen LogP contribution in [0.1, 0.15) is 12.1 Å². The van der Waals surface area contributed by atoms with Gasteiger partial charge in [0.25, 0.3) is 0 Å². The zero-order chi connectivity index (χ0) is 14.8. The first kappa shape index (κ1) is 14.8. The Labute approximate surface area is 112 Å². The first-order chi connectivity index (χ1) is 9.28. The number of rotatable bonds is 4. The van der Waals surface area contributed by atoms with E-state index in [0.29, 0.717) is 13.0 Å². The molecule has 9 heteroatoms. The molecule has 0 saturated carbocycles. The first-order valence-electron chi connectivity index (χ1n) is 5.96. The van der Waals surface area contributed by atoms with E-state index < -0.39 is 23.4 Å². The van der Waals surface area contributed by atoms with Crippen LogP contribution in [-0.2, 0) is 22.3 Å². The van der Waals surface area contributed by atoms with E-state index in [2.05, 4.69) is 10.4 Å². The molecule has 2 rings (SSSR count). The Hall–Kier alpha value is -1.61. The molecule has 112 valence electrons. The highest BCUT2D eigenvalue weighted by atomic mass is 19.4. The summed E-state index contributed by atoms with van der Waals surface area (Å²) in [5.74, 6) is -0.526. The Morgan fingerprint density at radius 2 is 2.35 bits per heavy atom. The van der Waals surface area contributed by atoms with Gasteiger partial charge in [0.2, 0.25) is 5.91 Å². The summed E-state index contributed by atoms with van der Waals surface area (Å²) in [5, 5.41) is 15.6. The van der Waals surface area contributed by atoms with Crippen molar-refractivity contribution in [2.75, 3.05) is 19.8 Å². The van der Waals surface area contributed by atoms with Crippen LogP contribution in [-0.4, -0.2) is 46.2 Å². The molecule has 0 bridgehead atoms. The van der Waals surface area contributed by atoms with Crippen molar-refractivity contribution in [2.45, 2.75) is 24.7 Å². The van der Waals surface area contributed by atoms with Crippen molar-refractivity contribution < 1.29 is 27.8 Å². The molecular formula is C11H14F3N3O3. The van der Waals surface area contributed by atoms with Gasteiger partial charge in [-0.15, -0.1) is 0 Å². The molecule has 0 aromatic carbocycles. The highest BCUT2D eigenvalue weighted by molar-refractivity contribution is 5.75. The number of ether oxygens (including phenoxy) is 1. The molecule has 20 heavy (non-hydrogen) atoms. The minimum atomic E-state index is -4.53. The number of aromatic nitrogens is 2. The van der Waals surface area contributed by atoms with Crippen LogP contribution in [0.2, 0.25) is 0 Å². The van der Waals surface area contributed by atoms with Crippen LogP contribution in [0.25, 0.3) is 0 Å².